The second-order valence-corrected chi connectivity index (χ2v) is 4.31. The van der Waals surface area contributed by atoms with Crippen LogP contribution < -0.4 is 10.1 Å². The van der Waals surface area contributed by atoms with Crippen LogP contribution in [0, 0.1) is 6.92 Å². The van der Waals surface area contributed by atoms with Gasteiger partial charge < -0.3 is 15.2 Å². The van der Waals surface area contributed by atoms with Crippen LogP contribution in [0.15, 0.2) is 42.6 Å². The summed E-state index contributed by atoms with van der Waals surface area (Å²) in [5.74, 6) is -1.51. The predicted octanol–water partition coefficient (Wildman–Crippen LogP) is 2.11. The molecular weight excluding hydrogens is 272 g/mol. The minimum absolute atomic E-state index is 0.0601. The topological polar surface area (TPSA) is 88.5 Å². The summed E-state index contributed by atoms with van der Waals surface area (Å²) in [6.07, 6.45) is 1.35. The van der Waals surface area contributed by atoms with E-state index in [-0.39, 0.29) is 24.0 Å². The van der Waals surface area contributed by atoms with Crippen molar-refractivity contribution in [2.75, 3.05) is 11.9 Å². The molecule has 0 unspecified atom stereocenters. The number of rotatable bonds is 5. The molecule has 0 aliphatic heterocycles. The van der Waals surface area contributed by atoms with Crippen LogP contribution in [-0.2, 0) is 4.79 Å². The number of benzene rings is 1. The number of pyridine rings is 1. The first-order valence-corrected chi connectivity index (χ1v) is 6.24. The molecular formula is C15H14N2O4. The Morgan fingerprint density at radius 2 is 2.00 bits per heavy atom. The molecule has 1 aromatic heterocycles. The van der Waals surface area contributed by atoms with E-state index in [9.17, 15) is 9.59 Å². The number of carboxylic acid groups (broad SMARTS) is 1. The Balaban J connectivity index is 1.99. The van der Waals surface area contributed by atoms with Crippen LogP contribution >= 0.6 is 0 Å². The Kier molecular flexibility index (Phi) is 4.50. The molecule has 0 aliphatic rings. The third-order valence-corrected chi connectivity index (χ3v) is 2.75. The Morgan fingerprint density at radius 3 is 2.71 bits per heavy atom. The highest BCUT2D eigenvalue weighted by Crippen LogP contribution is 2.16. The maximum absolute atomic E-state index is 11.8. The van der Waals surface area contributed by atoms with Crippen LogP contribution in [0.2, 0.25) is 0 Å². The lowest BCUT2D eigenvalue weighted by Crippen LogP contribution is -2.21. The summed E-state index contributed by atoms with van der Waals surface area (Å²) >= 11 is 0. The quantitative estimate of drug-likeness (QED) is 0.878. The van der Waals surface area contributed by atoms with Gasteiger partial charge in [-0.3, -0.25) is 4.79 Å². The van der Waals surface area contributed by atoms with Gasteiger partial charge in [-0.2, -0.15) is 0 Å². The van der Waals surface area contributed by atoms with E-state index in [0.29, 0.717) is 5.69 Å². The Labute approximate surface area is 121 Å². The second kappa shape index (κ2) is 6.51. The van der Waals surface area contributed by atoms with Gasteiger partial charge in [-0.1, -0.05) is 18.2 Å². The van der Waals surface area contributed by atoms with E-state index in [4.69, 9.17) is 9.84 Å². The fraction of sp³-hybridized carbons (Fsp3) is 0.133. The van der Waals surface area contributed by atoms with E-state index >= 15 is 0 Å². The number of hydrogen-bond donors (Lipinski definition) is 2. The van der Waals surface area contributed by atoms with Crippen molar-refractivity contribution in [2.45, 2.75) is 6.92 Å². The van der Waals surface area contributed by atoms with Gasteiger partial charge in [-0.25, -0.2) is 9.78 Å². The van der Waals surface area contributed by atoms with E-state index in [0.717, 1.165) is 5.56 Å². The molecule has 0 bridgehead atoms. The molecule has 2 rings (SSSR count). The Morgan fingerprint density at radius 1 is 1.24 bits per heavy atom. The fourth-order valence-corrected chi connectivity index (χ4v) is 1.71. The standard InChI is InChI=1S/C15H14N2O4/c1-10-5-2-3-6-11(10)17-13(18)9-21-12-7-4-8-16-14(12)15(19)20/h2-8H,9H2,1H3,(H,17,18)(H,19,20). The smallest absolute Gasteiger partial charge is 0.358 e. The third kappa shape index (κ3) is 3.79. The van der Waals surface area contributed by atoms with E-state index < -0.39 is 5.97 Å². The summed E-state index contributed by atoms with van der Waals surface area (Å²) in [6.45, 7) is 1.58. The van der Waals surface area contributed by atoms with Gasteiger partial charge in [0.15, 0.2) is 18.1 Å². The lowest BCUT2D eigenvalue weighted by molar-refractivity contribution is -0.118. The van der Waals surface area contributed by atoms with Crippen molar-refractivity contribution in [1.82, 2.24) is 4.98 Å². The number of carboxylic acids is 1. The van der Waals surface area contributed by atoms with Gasteiger partial charge >= 0.3 is 5.97 Å². The zero-order chi connectivity index (χ0) is 15.2. The van der Waals surface area contributed by atoms with Crippen molar-refractivity contribution in [3.05, 3.63) is 53.9 Å². The Bertz CT molecular complexity index is 670. The summed E-state index contributed by atoms with van der Waals surface area (Å²) < 4.78 is 5.22. The number of aromatic nitrogens is 1. The molecule has 0 spiro atoms. The maximum Gasteiger partial charge on any atom is 0.358 e. The number of aryl methyl sites for hydroxylation is 1. The number of aromatic carboxylic acids is 1. The summed E-state index contributed by atoms with van der Waals surface area (Å²) in [5.41, 5.74) is 1.40. The van der Waals surface area contributed by atoms with Crippen LogP contribution in [0.25, 0.3) is 0 Å². The molecule has 0 radical (unpaired) electrons. The molecule has 108 valence electrons. The minimum Gasteiger partial charge on any atom is -0.481 e. The highest BCUT2D eigenvalue weighted by Gasteiger charge is 2.13. The summed E-state index contributed by atoms with van der Waals surface area (Å²) in [4.78, 5) is 26.5. The fourth-order valence-electron chi connectivity index (χ4n) is 1.71. The van der Waals surface area contributed by atoms with Crippen LogP contribution in [0.5, 0.6) is 5.75 Å². The van der Waals surface area contributed by atoms with E-state index in [1.165, 1.54) is 12.3 Å². The van der Waals surface area contributed by atoms with Crippen molar-refractivity contribution in [2.24, 2.45) is 0 Å². The molecule has 1 heterocycles. The number of carbonyl (C=O) groups is 2. The van der Waals surface area contributed by atoms with Crippen molar-refractivity contribution in [1.29, 1.82) is 0 Å². The largest absolute Gasteiger partial charge is 0.481 e. The average Bonchev–Trinajstić information content (AvgIpc) is 2.48. The highest BCUT2D eigenvalue weighted by atomic mass is 16.5. The van der Waals surface area contributed by atoms with Crippen molar-refractivity contribution in [3.8, 4) is 5.75 Å². The van der Waals surface area contributed by atoms with Crippen LogP contribution in [0.3, 0.4) is 0 Å². The van der Waals surface area contributed by atoms with E-state index in [1.54, 1.807) is 12.1 Å². The predicted molar refractivity (Wildman–Crippen MR) is 76.5 cm³/mol. The number of hydrogen-bond acceptors (Lipinski definition) is 4. The highest BCUT2D eigenvalue weighted by molar-refractivity contribution is 5.93. The SMILES string of the molecule is Cc1ccccc1NC(=O)COc1cccnc1C(=O)O. The number of nitrogens with one attached hydrogen (secondary N) is 1. The van der Waals surface area contributed by atoms with Crippen LogP contribution in [-0.4, -0.2) is 28.6 Å². The van der Waals surface area contributed by atoms with E-state index in [2.05, 4.69) is 10.3 Å². The second-order valence-electron chi connectivity index (χ2n) is 4.31. The number of para-hydroxylation sites is 1. The molecule has 0 saturated carbocycles. The Hall–Kier alpha value is -2.89. The van der Waals surface area contributed by atoms with Crippen molar-refractivity contribution in [3.63, 3.8) is 0 Å². The third-order valence-electron chi connectivity index (χ3n) is 2.75. The molecule has 0 fully saturated rings. The van der Waals surface area contributed by atoms with Gasteiger partial charge in [-0.05, 0) is 30.7 Å². The number of ether oxygens (including phenoxy) is 1. The molecule has 0 atom stereocenters. The zero-order valence-corrected chi connectivity index (χ0v) is 11.4. The van der Waals surface area contributed by atoms with Gasteiger partial charge in [0.25, 0.3) is 5.91 Å². The molecule has 1 amide bonds. The first-order valence-electron chi connectivity index (χ1n) is 6.24. The molecule has 0 saturated heterocycles. The summed E-state index contributed by atoms with van der Waals surface area (Å²) in [5, 5.41) is 11.7. The first kappa shape index (κ1) is 14.5. The van der Waals surface area contributed by atoms with Crippen molar-refractivity contribution >= 4 is 17.6 Å². The van der Waals surface area contributed by atoms with Gasteiger partial charge in [0.2, 0.25) is 0 Å². The van der Waals surface area contributed by atoms with Crippen molar-refractivity contribution < 1.29 is 19.4 Å². The summed E-state index contributed by atoms with van der Waals surface area (Å²) in [7, 11) is 0. The molecule has 6 nitrogen and oxygen atoms in total. The normalized spacial score (nSPS) is 9.95. The molecule has 2 N–H and O–H groups in total. The van der Waals surface area contributed by atoms with Gasteiger partial charge in [0.05, 0.1) is 0 Å². The summed E-state index contributed by atoms with van der Waals surface area (Å²) in [6, 6.07) is 10.3. The lowest BCUT2D eigenvalue weighted by Gasteiger charge is -2.10. The van der Waals surface area contributed by atoms with Gasteiger partial charge in [0, 0.05) is 11.9 Å². The molecule has 2 aromatic rings. The number of carbonyl (C=O) groups excluding carboxylic acids is 1. The maximum atomic E-state index is 11.8. The number of nitrogens with zero attached hydrogens (tertiary/aromatic N) is 1. The minimum atomic E-state index is -1.20. The molecule has 1 aromatic carbocycles. The first-order chi connectivity index (χ1) is 10.1. The number of anilines is 1. The zero-order valence-electron chi connectivity index (χ0n) is 11.4. The van der Waals surface area contributed by atoms with E-state index in [1.807, 2.05) is 25.1 Å². The van der Waals surface area contributed by atoms with Gasteiger partial charge in [-0.15, -0.1) is 0 Å². The lowest BCUT2D eigenvalue weighted by atomic mass is 10.2. The molecule has 6 heteroatoms. The number of amides is 1. The van der Waals surface area contributed by atoms with Crippen LogP contribution in [0.4, 0.5) is 5.69 Å². The van der Waals surface area contributed by atoms with Crippen LogP contribution in [0.1, 0.15) is 16.1 Å². The molecule has 0 aliphatic carbocycles. The van der Waals surface area contributed by atoms with Gasteiger partial charge in [0.1, 0.15) is 0 Å². The monoisotopic (exact) mass is 286 g/mol. The molecule has 21 heavy (non-hydrogen) atoms. The average molecular weight is 286 g/mol.